The number of rotatable bonds is 8. The van der Waals surface area contributed by atoms with Crippen molar-refractivity contribution in [1.82, 2.24) is 0 Å². The Morgan fingerprint density at radius 3 is 2.78 bits per heavy atom. The molecule has 1 saturated heterocycles. The van der Waals surface area contributed by atoms with E-state index in [0.29, 0.717) is 0 Å². The van der Waals surface area contributed by atoms with Gasteiger partial charge in [0, 0.05) is 0 Å². The van der Waals surface area contributed by atoms with Crippen LogP contribution < -0.4 is 0 Å². The molecule has 0 spiro atoms. The van der Waals surface area contributed by atoms with E-state index in [1.807, 2.05) is 0 Å². The highest BCUT2D eigenvalue weighted by atomic mass is 16.5. The summed E-state index contributed by atoms with van der Waals surface area (Å²) in [4.78, 5) is 0. The minimum absolute atomic E-state index is 0.0505. The number of unbranched alkanes of at least 4 members (excludes halogenated alkanes) is 5. The molecule has 2 atom stereocenters. The fourth-order valence-corrected chi connectivity index (χ4v) is 2.37. The van der Waals surface area contributed by atoms with Crippen molar-refractivity contribution in [3.63, 3.8) is 0 Å². The second kappa shape index (κ2) is 9.35. The molecule has 104 valence electrons. The summed E-state index contributed by atoms with van der Waals surface area (Å²) < 4.78 is 5.75. The molecule has 2 nitrogen and oxygen atoms in total. The SMILES string of the molecule is C=C1C[C@@H](CO)O[C@@H](/C=C/CCCCCCC)C1. The first-order chi connectivity index (χ1) is 8.76. The van der Waals surface area contributed by atoms with Gasteiger partial charge in [0.15, 0.2) is 0 Å². The molecule has 0 aromatic carbocycles. The Morgan fingerprint density at radius 1 is 1.28 bits per heavy atom. The van der Waals surface area contributed by atoms with Crippen LogP contribution in [0.5, 0.6) is 0 Å². The van der Waals surface area contributed by atoms with Crippen molar-refractivity contribution in [3.05, 3.63) is 24.3 Å². The molecule has 2 heteroatoms. The Hall–Kier alpha value is -0.600. The van der Waals surface area contributed by atoms with E-state index in [4.69, 9.17) is 9.84 Å². The Balaban J connectivity index is 2.14. The van der Waals surface area contributed by atoms with Gasteiger partial charge < -0.3 is 9.84 Å². The third-order valence-electron chi connectivity index (χ3n) is 3.40. The summed E-state index contributed by atoms with van der Waals surface area (Å²) in [5.74, 6) is 0. The average Bonchev–Trinajstić information content (AvgIpc) is 2.37. The molecule has 0 aromatic heterocycles. The van der Waals surface area contributed by atoms with Crippen molar-refractivity contribution in [2.45, 2.75) is 70.5 Å². The van der Waals surface area contributed by atoms with E-state index >= 15 is 0 Å². The second-order valence-corrected chi connectivity index (χ2v) is 5.27. The van der Waals surface area contributed by atoms with E-state index in [1.54, 1.807) is 0 Å². The number of allylic oxidation sites excluding steroid dienone is 1. The predicted molar refractivity (Wildman–Crippen MR) is 76.6 cm³/mol. The first-order valence-corrected chi connectivity index (χ1v) is 7.36. The largest absolute Gasteiger partial charge is 0.394 e. The van der Waals surface area contributed by atoms with E-state index in [9.17, 15) is 0 Å². The van der Waals surface area contributed by atoms with E-state index in [-0.39, 0.29) is 18.8 Å². The van der Waals surface area contributed by atoms with Gasteiger partial charge in [-0.25, -0.2) is 0 Å². The van der Waals surface area contributed by atoms with Crippen LogP contribution in [0.15, 0.2) is 24.3 Å². The topological polar surface area (TPSA) is 29.5 Å². The van der Waals surface area contributed by atoms with Crippen molar-refractivity contribution < 1.29 is 9.84 Å². The van der Waals surface area contributed by atoms with Crippen LogP contribution in [0.4, 0.5) is 0 Å². The quantitative estimate of drug-likeness (QED) is 0.522. The van der Waals surface area contributed by atoms with Gasteiger partial charge in [0.25, 0.3) is 0 Å². The first-order valence-electron chi connectivity index (χ1n) is 7.36. The van der Waals surface area contributed by atoms with Gasteiger partial charge in [-0.15, -0.1) is 0 Å². The molecule has 0 radical (unpaired) electrons. The Labute approximate surface area is 112 Å². The standard InChI is InChI=1S/C16H28O2/c1-3-4-5-6-7-8-9-10-15-11-14(2)12-16(13-17)18-15/h9-10,15-17H,2-8,11-13H2,1H3/b10-9+/t15-,16-/m0/s1. The maximum absolute atomic E-state index is 9.13. The molecule has 0 bridgehead atoms. The molecule has 0 aromatic rings. The molecule has 0 saturated carbocycles. The summed E-state index contributed by atoms with van der Waals surface area (Å²) in [6.45, 7) is 6.35. The number of aliphatic hydroxyl groups excluding tert-OH is 1. The van der Waals surface area contributed by atoms with Crippen LogP contribution in [0.25, 0.3) is 0 Å². The van der Waals surface area contributed by atoms with Gasteiger partial charge >= 0.3 is 0 Å². The lowest BCUT2D eigenvalue weighted by molar-refractivity contribution is -0.0345. The third-order valence-corrected chi connectivity index (χ3v) is 3.40. The molecule has 18 heavy (non-hydrogen) atoms. The van der Waals surface area contributed by atoms with Gasteiger partial charge in [-0.05, 0) is 25.7 Å². The lowest BCUT2D eigenvalue weighted by atomic mass is 9.99. The highest BCUT2D eigenvalue weighted by molar-refractivity contribution is 5.07. The van der Waals surface area contributed by atoms with E-state index in [0.717, 1.165) is 19.3 Å². The van der Waals surface area contributed by atoms with Crippen molar-refractivity contribution in [2.75, 3.05) is 6.61 Å². The van der Waals surface area contributed by atoms with Crippen LogP contribution in [0.3, 0.4) is 0 Å². The second-order valence-electron chi connectivity index (χ2n) is 5.27. The van der Waals surface area contributed by atoms with Crippen LogP contribution in [0.2, 0.25) is 0 Å². The Morgan fingerprint density at radius 2 is 2.06 bits per heavy atom. The summed E-state index contributed by atoms with van der Waals surface area (Å²) in [5, 5.41) is 9.13. The highest BCUT2D eigenvalue weighted by Gasteiger charge is 2.21. The zero-order valence-electron chi connectivity index (χ0n) is 11.7. The summed E-state index contributed by atoms with van der Waals surface area (Å²) in [5.41, 5.74) is 1.19. The molecule has 0 amide bonds. The summed E-state index contributed by atoms with van der Waals surface area (Å²) in [6, 6.07) is 0. The fourth-order valence-electron chi connectivity index (χ4n) is 2.37. The van der Waals surface area contributed by atoms with Gasteiger partial charge in [-0.1, -0.05) is 56.9 Å². The molecule has 0 unspecified atom stereocenters. The monoisotopic (exact) mass is 252 g/mol. The Kier molecular flexibility index (Phi) is 8.03. The van der Waals surface area contributed by atoms with Crippen molar-refractivity contribution in [3.8, 4) is 0 Å². The van der Waals surface area contributed by atoms with Crippen LogP contribution in [0.1, 0.15) is 58.3 Å². The van der Waals surface area contributed by atoms with Crippen LogP contribution in [-0.2, 0) is 4.74 Å². The zero-order chi connectivity index (χ0) is 13.2. The zero-order valence-corrected chi connectivity index (χ0v) is 11.7. The van der Waals surface area contributed by atoms with Crippen molar-refractivity contribution >= 4 is 0 Å². The number of ether oxygens (including phenoxy) is 1. The Bertz CT molecular complexity index is 258. The third kappa shape index (κ3) is 6.36. The smallest absolute Gasteiger partial charge is 0.0850 e. The average molecular weight is 252 g/mol. The molecule has 1 N–H and O–H groups in total. The molecule has 0 aliphatic carbocycles. The minimum Gasteiger partial charge on any atom is -0.394 e. The number of aliphatic hydroxyl groups is 1. The summed E-state index contributed by atoms with van der Waals surface area (Å²) >= 11 is 0. The molecule has 1 heterocycles. The summed E-state index contributed by atoms with van der Waals surface area (Å²) in [6.07, 6.45) is 13.9. The van der Waals surface area contributed by atoms with Gasteiger partial charge in [0.05, 0.1) is 18.8 Å². The molecular formula is C16H28O2. The lowest BCUT2D eigenvalue weighted by Gasteiger charge is -2.28. The van der Waals surface area contributed by atoms with Crippen LogP contribution >= 0.6 is 0 Å². The molecule has 1 fully saturated rings. The highest BCUT2D eigenvalue weighted by Crippen LogP contribution is 2.23. The van der Waals surface area contributed by atoms with Crippen molar-refractivity contribution in [2.24, 2.45) is 0 Å². The maximum atomic E-state index is 9.13. The predicted octanol–water partition coefficient (Wildman–Crippen LogP) is 4.00. The van der Waals surface area contributed by atoms with Gasteiger partial charge in [-0.3, -0.25) is 0 Å². The normalized spacial score (nSPS) is 24.9. The van der Waals surface area contributed by atoms with Gasteiger partial charge in [0.2, 0.25) is 0 Å². The van der Waals surface area contributed by atoms with Crippen LogP contribution in [0, 0.1) is 0 Å². The van der Waals surface area contributed by atoms with Gasteiger partial charge in [0.1, 0.15) is 0 Å². The molecule has 1 rings (SSSR count). The van der Waals surface area contributed by atoms with E-state index < -0.39 is 0 Å². The fraction of sp³-hybridized carbons (Fsp3) is 0.750. The van der Waals surface area contributed by atoms with Crippen LogP contribution in [-0.4, -0.2) is 23.9 Å². The minimum atomic E-state index is -0.0505. The van der Waals surface area contributed by atoms with Gasteiger partial charge in [-0.2, -0.15) is 0 Å². The lowest BCUT2D eigenvalue weighted by Crippen LogP contribution is -2.29. The molecular weight excluding hydrogens is 224 g/mol. The number of hydrogen-bond donors (Lipinski definition) is 1. The summed E-state index contributed by atoms with van der Waals surface area (Å²) in [7, 11) is 0. The van der Waals surface area contributed by atoms with E-state index in [1.165, 1.54) is 37.7 Å². The van der Waals surface area contributed by atoms with E-state index in [2.05, 4.69) is 25.7 Å². The number of hydrogen-bond acceptors (Lipinski definition) is 2. The maximum Gasteiger partial charge on any atom is 0.0850 e. The first kappa shape index (κ1) is 15.5. The van der Waals surface area contributed by atoms with Crippen molar-refractivity contribution in [1.29, 1.82) is 0 Å². The molecule has 1 aliphatic rings. The molecule has 1 aliphatic heterocycles.